The van der Waals surface area contributed by atoms with Crippen LogP contribution < -0.4 is 0 Å². The maximum Gasteiger partial charge on any atom is 0.198 e. The summed E-state index contributed by atoms with van der Waals surface area (Å²) in [6, 6.07) is 4.48. The van der Waals surface area contributed by atoms with Gasteiger partial charge >= 0.3 is 0 Å². The fourth-order valence-corrected chi connectivity index (χ4v) is 3.71. The lowest BCUT2D eigenvalue weighted by Crippen LogP contribution is -2.28. The number of ether oxygens (including phenoxy) is 1. The third-order valence-electron chi connectivity index (χ3n) is 4.12. The fourth-order valence-electron chi connectivity index (χ4n) is 2.88. The predicted octanol–water partition coefficient (Wildman–Crippen LogP) is 3.47. The average molecular weight is 414 g/mol. The highest BCUT2D eigenvalue weighted by atomic mass is 35.5. The number of ketones is 1. The summed E-state index contributed by atoms with van der Waals surface area (Å²) in [4.78, 5) is 11.9. The van der Waals surface area contributed by atoms with Gasteiger partial charge in [0.05, 0.1) is 17.7 Å². The molecule has 138 valence electrons. The van der Waals surface area contributed by atoms with Crippen LogP contribution in [-0.4, -0.2) is 44.6 Å². The van der Waals surface area contributed by atoms with Crippen LogP contribution in [0.2, 0.25) is 10.0 Å². The molecule has 1 aliphatic rings. The number of hydrogen-bond acceptors (Lipinski definition) is 5. The van der Waals surface area contributed by atoms with Crippen molar-refractivity contribution in [3.8, 4) is 11.4 Å². The summed E-state index contributed by atoms with van der Waals surface area (Å²) < 4.78 is 8.79. The smallest absolute Gasteiger partial charge is 0.198 e. The van der Waals surface area contributed by atoms with Crippen molar-refractivity contribution in [1.29, 1.82) is 0 Å². The van der Waals surface area contributed by atoms with Gasteiger partial charge < -0.3 is 9.84 Å². The number of Topliss-reactive ketones (excluding diaryl/α,β-unsaturated/α-hetero) is 1. The van der Waals surface area contributed by atoms with Gasteiger partial charge in [0.25, 0.3) is 0 Å². The zero-order valence-corrected chi connectivity index (χ0v) is 16.1. The van der Waals surface area contributed by atoms with Gasteiger partial charge in [0.1, 0.15) is 12.7 Å². The number of allylic oxidation sites excluding steroid dienone is 1. The van der Waals surface area contributed by atoms with Gasteiger partial charge in [-0.2, -0.15) is 5.10 Å². The number of benzene rings is 1. The number of aliphatic hydroxyl groups is 1. The number of aromatic nitrogens is 3. The molecule has 1 aromatic carbocycles. The second-order valence-electron chi connectivity index (χ2n) is 5.97. The van der Waals surface area contributed by atoms with Crippen LogP contribution in [0.25, 0.3) is 11.4 Å². The van der Waals surface area contributed by atoms with Gasteiger partial charge in [-0.1, -0.05) is 29.3 Å². The standard InChI is InChI=1S/C17H17Cl2N3O3S/c1-2-5-21-16(12-4-3-10(18)6-13(12)19)20-22(17(21)26)14-7-11(23)8-25-9-15(14)24/h2-4,6,14-15,24H,1,5,7-9H2. The van der Waals surface area contributed by atoms with Crippen LogP contribution in [0.1, 0.15) is 12.5 Å². The summed E-state index contributed by atoms with van der Waals surface area (Å²) in [5, 5.41) is 15.9. The van der Waals surface area contributed by atoms with Gasteiger partial charge in [0.15, 0.2) is 16.4 Å². The van der Waals surface area contributed by atoms with Gasteiger partial charge in [-0.15, -0.1) is 6.58 Å². The molecule has 0 aliphatic carbocycles. The number of carbonyl (C=O) groups excluding carboxylic acids is 1. The Bertz CT molecular complexity index is 909. The van der Waals surface area contributed by atoms with E-state index in [1.807, 2.05) is 0 Å². The van der Waals surface area contributed by atoms with E-state index in [1.54, 1.807) is 28.8 Å². The van der Waals surface area contributed by atoms with Crippen molar-refractivity contribution in [3.63, 3.8) is 0 Å². The van der Waals surface area contributed by atoms with Crippen molar-refractivity contribution >= 4 is 41.2 Å². The van der Waals surface area contributed by atoms with Gasteiger partial charge in [-0.05, 0) is 30.4 Å². The number of carbonyl (C=O) groups is 1. The van der Waals surface area contributed by atoms with Crippen molar-refractivity contribution in [2.24, 2.45) is 0 Å². The van der Waals surface area contributed by atoms with E-state index in [0.29, 0.717) is 32.7 Å². The lowest BCUT2D eigenvalue weighted by molar-refractivity contribution is -0.122. The van der Waals surface area contributed by atoms with Crippen molar-refractivity contribution in [2.45, 2.75) is 25.1 Å². The minimum absolute atomic E-state index is 0.0237. The zero-order valence-electron chi connectivity index (χ0n) is 13.8. The monoisotopic (exact) mass is 413 g/mol. The van der Waals surface area contributed by atoms with Crippen LogP contribution in [0.3, 0.4) is 0 Å². The Kier molecular flexibility index (Phi) is 5.94. The normalized spacial score (nSPS) is 20.8. The number of hydrogen-bond donors (Lipinski definition) is 1. The molecule has 1 N–H and O–H groups in total. The van der Waals surface area contributed by atoms with Crippen molar-refractivity contribution in [3.05, 3.63) is 45.7 Å². The molecule has 2 heterocycles. The zero-order chi connectivity index (χ0) is 18.8. The molecule has 1 aliphatic heterocycles. The summed E-state index contributed by atoms with van der Waals surface area (Å²) in [7, 11) is 0. The lowest BCUT2D eigenvalue weighted by Gasteiger charge is -2.18. The first-order chi connectivity index (χ1) is 12.4. The summed E-state index contributed by atoms with van der Waals surface area (Å²) in [6.45, 7) is 4.18. The molecule has 1 saturated heterocycles. The molecule has 0 amide bonds. The SMILES string of the molecule is C=CCn1c(-c2ccc(Cl)cc2Cl)nn(C2CC(=O)COCC2O)c1=S. The molecule has 0 spiro atoms. The van der Waals surface area contributed by atoms with E-state index in [1.165, 1.54) is 4.68 Å². The van der Waals surface area contributed by atoms with Crippen LogP contribution in [0.5, 0.6) is 0 Å². The first kappa shape index (κ1) is 19.3. The van der Waals surface area contributed by atoms with Crippen LogP contribution in [-0.2, 0) is 16.1 Å². The molecule has 26 heavy (non-hydrogen) atoms. The highest BCUT2D eigenvalue weighted by Crippen LogP contribution is 2.31. The largest absolute Gasteiger partial charge is 0.388 e. The summed E-state index contributed by atoms with van der Waals surface area (Å²) in [5.41, 5.74) is 0.647. The maximum absolute atomic E-state index is 11.9. The van der Waals surface area contributed by atoms with E-state index in [0.717, 1.165) is 0 Å². The van der Waals surface area contributed by atoms with Gasteiger partial charge in [0.2, 0.25) is 0 Å². The van der Waals surface area contributed by atoms with Crippen LogP contribution in [0.15, 0.2) is 30.9 Å². The topological polar surface area (TPSA) is 69.3 Å². The maximum atomic E-state index is 11.9. The second kappa shape index (κ2) is 8.02. The van der Waals surface area contributed by atoms with E-state index in [-0.39, 0.29) is 25.4 Å². The number of nitrogens with zero attached hydrogens (tertiary/aromatic N) is 3. The molecule has 0 saturated carbocycles. The van der Waals surface area contributed by atoms with E-state index >= 15 is 0 Å². The molecule has 1 fully saturated rings. The number of halogens is 2. The van der Waals surface area contributed by atoms with Crippen molar-refractivity contribution in [2.75, 3.05) is 13.2 Å². The van der Waals surface area contributed by atoms with Crippen molar-refractivity contribution < 1.29 is 14.6 Å². The van der Waals surface area contributed by atoms with Crippen LogP contribution in [0.4, 0.5) is 0 Å². The molecule has 2 atom stereocenters. The van der Waals surface area contributed by atoms with Gasteiger partial charge in [-0.25, -0.2) is 4.68 Å². The second-order valence-corrected chi connectivity index (χ2v) is 7.18. The van der Waals surface area contributed by atoms with Gasteiger partial charge in [-0.3, -0.25) is 9.36 Å². The molecule has 6 nitrogen and oxygen atoms in total. The molecular weight excluding hydrogens is 397 g/mol. The Labute approximate surface area is 165 Å². The summed E-state index contributed by atoms with van der Waals surface area (Å²) in [5.74, 6) is 0.402. The first-order valence-corrected chi connectivity index (χ1v) is 9.12. The van der Waals surface area contributed by atoms with E-state index in [9.17, 15) is 9.90 Å². The molecule has 3 rings (SSSR count). The minimum Gasteiger partial charge on any atom is -0.388 e. The fraction of sp³-hybridized carbons (Fsp3) is 0.353. The lowest BCUT2D eigenvalue weighted by atomic mass is 10.1. The minimum atomic E-state index is -0.895. The Morgan fingerprint density at radius 2 is 2.23 bits per heavy atom. The van der Waals surface area contributed by atoms with E-state index in [4.69, 9.17) is 40.2 Å². The Morgan fingerprint density at radius 1 is 1.46 bits per heavy atom. The van der Waals surface area contributed by atoms with Crippen LogP contribution in [0, 0.1) is 4.77 Å². The first-order valence-electron chi connectivity index (χ1n) is 7.95. The summed E-state index contributed by atoms with van der Waals surface area (Å²) in [6.07, 6.45) is 0.884. The summed E-state index contributed by atoms with van der Waals surface area (Å²) >= 11 is 17.9. The highest BCUT2D eigenvalue weighted by molar-refractivity contribution is 7.71. The Balaban J connectivity index is 2.14. The molecule has 2 aromatic rings. The van der Waals surface area contributed by atoms with Crippen molar-refractivity contribution in [1.82, 2.24) is 14.3 Å². The number of rotatable bonds is 4. The third kappa shape index (κ3) is 3.77. The molecule has 0 radical (unpaired) electrons. The van der Waals surface area contributed by atoms with E-state index < -0.39 is 12.1 Å². The molecule has 9 heteroatoms. The predicted molar refractivity (Wildman–Crippen MR) is 102 cm³/mol. The number of aliphatic hydroxyl groups excluding tert-OH is 1. The average Bonchev–Trinajstić information content (AvgIpc) is 2.79. The Morgan fingerprint density at radius 3 is 2.92 bits per heavy atom. The van der Waals surface area contributed by atoms with Gasteiger partial charge in [0, 0.05) is 23.6 Å². The third-order valence-corrected chi connectivity index (χ3v) is 5.07. The molecular formula is C17H17Cl2N3O3S. The van der Waals surface area contributed by atoms with E-state index in [2.05, 4.69) is 11.7 Å². The molecule has 2 unspecified atom stereocenters. The molecule has 1 aromatic heterocycles. The quantitative estimate of drug-likeness (QED) is 0.613. The molecule has 0 bridgehead atoms. The van der Waals surface area contributed by atoms with Crippen LogP contribution >= 0.6 is 35.4 Å². The highest BCUT2D eigenvalue weighted by Gasteiger charge is 2.30. The Hall–Kier alpha value is -1.51.